The number of hydrogen-bond acceptors (Lipinski definition) is 3. The minimum Gasteiger partial charge on any atom is -0.296 e. The second kappa shape index (κ2) is 3.52. The van der Waals surface area contributed by atoms with Crippen LogP contribution in [0.5, 0.6) is 0 Å². The molecule has 1 aromatic carbocycles. The number of rotatable bonds is 1. The predicted molar refractivity (Wildman–Crippen MR) is 55.2 cm³/mol. The van der Waals surface area contributed by atoms with Crippen LogP contribution in [-0.4, -0.2) is 10.1 Å². The smallest absolute Gasteiger partial charge is 0.296 e. The molecule has 0 amide bonds. The van der Waals surface area contributed by atoms with Crippen LogP contribution in [0.15, 0.2) is 27.5 Å². The summed E-state index contributed by atoms with van der Waals surface area (Å²) in [5.41, 5.74) is 0.249. The SMILES string of the molecule is O=c1[nH]c(-c2c(F)cccc2I)no1. The standard InChI is InChI=1S/C8H4FIN2O2/c9-4-2-1-3-5(10)6(4)7-11-8(13)14-12-7/h1-3H,(H,11,12,13). The summed E-state index contributed by atoms with van der Waals surface area (Å²) in [5, 5.41) is 3.42. The van der Waals surface area contributed by atoms with Gasteiger partial charge in [-0.15, -0.1) is 0 Å². The molecule has 0 aliphatic rings. The number of aromatic nitrogens is 2. The van der Waals surface area contributed by atoms with Gasteiger partial charge in [0, 0.05) is 3.57 Å². The Kier molecular flexibility index (Phi) is 2.36. The van der Waals surface area contributed by atoms with Gasteiger partial charge < -0.3 is 0 Å². The Balaban J connectivity index is 2.67. The highest BCUT2D eigenvalue weighted by Crippen LogP contribution is 2.24. The van der Waals surface area contributed by atoms with Crippen molar-refractivity contribution in [2.45, 2.75) is 0 Å². The Morgan fingerprint density at radius 3 is 2.86 bits per heavy atom. The first-order valence-corrected chi connectivity index (χ1v) is 4.77. The van der Waals surface area contributed by atoms with E-state index in [1.54, 1.807) is 12.1 Å². The third kappa shape index (κ3) is 1.57. The van der Waals surface area contributed by atoms with Crippen LogP contribution in [-0.2, 0) is 0 Å². The van der Waals surface area contributed by atoms with Crippen LogP contribution in [0.2, 0.25) is 0 Å². The maximum Gasteiger partial charge on any atom is 0.439 e. The van der Waals surface area contributed by atoms with Gasteiger partial charge in [0.2, 0.25) is 0 Å². The molecule has 0 radical (unpaired) electrons. The van der Waals surface area contributed by atoms with Crippen molar-refractivity contribution in [3.63, 3.8) is 0 Å². The minimum atomic E-state index is -0.695. The van der Waals surface area contributed by atoms with Crippen LogP contribution in [0.4, 0.5) is 4.39 Å². The van der Waals surface area contributed by atoms with Gasteiger partial charge in [0.1, 0.15) is 5.82 Å². The van der Waals surface area contributed by atoms with E-state index in [0.29, 0.717) is 3.57 Å². The lowest BCUT2D eigenvalue weighted by Crippen LogP contribution is -1.96. The molecule has 0 fully saturated rings. The van der Waals surface area contributed by atoms with Crippen molar-refractivity contribution < 1.29 is 8.91 Å². The monoisotopic (exact) mass is 306 g/mol. The molecule has 0 saturated carbocycles. The molecule has 0 bridgehead atoms. The molecular formula is C8H4FIN2O2. The van der Waals surface area contributed by atoms with Crippen molar-refractivity contribution in [1.29, 1.82) is 0 Å². The molecule has 2 rings (SSSR count). The van der Waals surface area contributed by atoms with E-state index in [1.807, 2.05) is 22.6 Å². The van der Waals surface area contributed by atoms with Gasteiger partial charge in [-0.25, -0.2) is 9.18 Å². The number of benzene rings is 1. The maximum atomic E-state index is 13.3. The predicted octanol–water partition coefficient (Wildman–Crippen LogP) is 1.77. The largest absolute Gasteiger partial charge is 0.439 e. The zero-order valence-corrected chi connectivity index (χ0v) is 8.91. The van der Waals surface area contributed by atoms with Crippen LogP contribution in [0.1, 0.15) is 0 Å². The van der Waals surface area contributed by atoms with Crippen LogP contribution in [0.3, 0.4) is 0 Å². The third-order valence-electron chi connectivity index (χ3n) is 1.64. The number of aromatic amines is 1. The summed E-state index contributed by atoms with van der Waals surface area (Å²) in [5.74, 6) is -1.03. The van der Waals surface area contributed by atoms with Crippen molar-refractivity contribution in [2.75, 3.05) is 0 Å². The molecule has 2 aromatic rings. The van der Waals surface area contributed by atoms with E-state index in [-0.39, 0.29) is 11.4 Å². The Labute approximate surface area is 91.3 Å². The van der Waals surface area contributed by atoms with E-state index < -0.39 is 11.6 Å². The zero-order valence-electron chi connectivity index (χ0n) is 6.75. The number of nitrogens with zero attached hydrogens (tertiary/aromatic N) is 1. The van der Waals surface area contributed by atoms with E-state index >= 15 is 0 Å². The first-order valence-electron chi connectivity index (χ1n) is 3.69. The highest BCUT2D eigenvalue weighted by Gasteiger charge is 2.13. The van der Waals surface area contributed by atoms with Gasteiger partial charge in [0.15, 0.2) is 5.82 Å². The summed E-state index contributed by atoms with van der Waals surface area (Å²) in [6.45, 7) is 0. The number of nitrogens with one attached hydrogen (secondary N) is 1. The fourth-order valence-electron chi connectivity index (χ4n) is 1.06. The molecule has 72 valence electrons. The first-order chi connectivity index (χ1) is 6.68. The fraction of sp³-hybridized carbons (Fsp3) is 0. The van der Waals surface area contributed by atoms with Crippen molar-refractivity contribution in [1.82, 2.24) is 10.1 Å². The highest BCUT2D eigenvalue weighted by molar-refractivity contribution is 14.1. The Morgan fingerprint density at radius 2 is 2.29 bits per heavy atom. The molecule has 0 spiro atoms. The molecule has 1 aromatic heterocycles. The van der Waals surface area contributed by atoms with Crippen LogP contribution >= 0.6 is 22.6 Å². The van der Waals surface area contributed by atoms with E-state index in [1.165, 1.54) is 6.07 Å². The zero-order chi connectivity index (χ0) is 10.1. The molecule has 0 atom stereocenters. The van der Waals surface area contributed by atoms with E-state index in [4.69, 9.17) is 0 Å². The summed E-state index contributed by atoms with van der Waals surface area (Å²) >= 11 is 1.96. The van der Waals surface area contributed by atoms with Crippen LogP contribution < -0.4 is 5.76 Å². The van der Waals surface area contributed by atoms with Crippen molar-refractivity contribution in [3.8, 4) is 11.4 Å². The number of halogens is 2. The van der Waals surface area contributed by atoms with Gasteiger partial charge in [-0.2, -0.15) is 0 Å². The summed E-state index contributed by atoms with van der Waals surface area (Å²) in [7, 11) is 0. The van der Waals surface area contributed by atoms with E-state index in [9.17, 15) is 9.18 Å². The van der Waals surface area contributed by atoms with Crippen LogP contribution in [0.25, 0.3) is 11.4 Å². The molecule has 1 heterocycles. The average molecular weight is 306 g/mol. The first kappa shape index (κ1) is 9.38. The number of hydrogen-bond donors (Lipinski definition) is 1. The lowest BCUT2D eigenvalue weighted by Gasteiger charge is -1.99. The summed E-state index contributed by atoms with van der Waals surface area (Å²) < 4.78 is 18.3. The topological polar surface area (TPSA) is 58.9 Å². The second-order valence-corrected chi connectivity index (χ2v) is 3.70. The molecule has 6 heteroatoms. The quantitative estimate of drug-likeness (QED) is 0.817. The molecule has 1 N–H and O–H groups in total. The van der Waals surface area contributed by atoms with Crippen molar-refractivity contribution in [2.24, 2.45) is 0 Å². The average Bonchev–Trinajstić information content (AvgIpc) is 2.51. The van der Waals surface area contributed by atoms with Crippen LogP contribution in [0, 0.1) is 9.39 Å². The summed E-state index contributed by atoms with van der Waals surface area (Å²) in [6.07, 6.45) is 0. The van der Waals surface area contributed by atoms with Gasteiger partial charge in [0.25, 0.3) is 0 Å². The normalized spacial score (nSPS) is 10.4. The molecule has 14 heavy (non-hydrogen) atoms. The van der Waals surface area contributed by atoms with Gasteiger partial charge in [0.05, 0.1) is 5.56 Å². The number of H-pyrrole nitrogens is 1. The molecule has 0 aliphatic carbocycles. The lowest BCUT2D eigenvalue weighted by atomic mass is 10.2. The maximum absolute atomic E-state index is 13.3. The van der Waals surface area contributed by atoms with Gasteiger partial charge in [-0.1, -0.05) is 11.2 Å². The Hall–Kier alpha value is -1.18. The van der Waals surface area contributed by atoms with E-state index in [2.05, 4.69) is 14.7 Å². The van der Waals surface area contributed by atoms with Crippen molar-refractivity contribution >= 4 is 22.6 Å². The van der Waals surface area contributed by atoms with Gasteiger partial charge >= 0.3 is 5.76 Å². The molecule has 0 saturated heterocycles. The minimum absolute atomic E-state index is 0.109. The van der Waals surface area contributed by atoms with Gasteiger partial charge in [-0.05, 0) is 34.7 Å². The van der Waals surface area contributed by atoms with E-state index in [0.717, 1.165) is 0 Å². The molecule has 4 nitrogen and oxygen atoms in total. The Bertz CT molecular complexity index is 500. The Morgan fingerprint density at radius 1 is 1.50 bits per heavy atom. The highest BCUT2D eigenvalue weighted by atomic mass is 127. The molecular weight excluding hydrogens is 302 g/mol. The summed E-state index contributed by atoms with van der Waals surface area (Å²) in [6, 6.07) is 4.59. The lowest BCUT2D eigenvalue weighted by molar-refractivity contribution is 0.387. The second-order valence-electron chi connectivity index (χ2n) is 2.54. The third-order valence-corrected chi connectivity index (χ3v) is 2.54. The van der Waals surface area contributed by atoms with Crippen molar-refractivity contribution in [3.05, 3.63) is 38.1 Å². The molecule has 0 aliphatic heterocycles. The molecule has 0 unspecified atom stereocenters. The fourth-order valence-corrected chi connectivity index (χ4v) is 1.78. The summed E-state index contributed by atoms with van der Waals surface area (Å²) in [4.78, 5) is 13.0. The van der Waals surface area contributed by atoms with Gasteiger partial charge in [-0.3, -0.25) is 9.51 Å².